The Labute approximate surface area is 80.4 Å². The second-order valence-corrected chi connectivity index (χ2v) is 4.20. The van der Waals surface area contributed by atoms with Gasteiger partial charge in [0, 0.05) is 0 Å². The third-order valence-electron chi connectivity index (χ3n) is 1.74. The van der Waals surface area contributed by atoms with Crippen molar-refractivity contribution >= 4 is 17.3 Å². The monoisotopic (exact) mass is 200 g/mol. The molecule has 0 fully saturated rings. The Bertz CT molecular complexity index is 309. The number of nitrogens with zero attached hydrogens (tertiary/aromatic N) is 1. The average Bonchev–Trinajstić information content (AvgIpc) is 2.50. The maximum Gasteiger partial charge on any atom is 0.347 e. The molecule has 0 aliphatic rings. The molecule has 13 heavy (non-hydrogen) atoms. The molecule has 1 heterocycles. The Hall–Kier alpha value is -0.940. The van der Waals surface area contributed by atoms with Gasteiger partial charge in [0.1, 0.15) is 9.88 Å². The zero-order valence-corrected chi connectivity index (χ0v) is 8.34. The summed E-state index contributed by atoms with van der Waals surface area (Å²) < 4.78 is 0. The second-order valence-electron chi connectivity index (χ2n) is 3.14. The third kappa shape index (κ3) is 2.26. The van der Waals surface area contributed by atoms with Gasteiger partial charge in [-0.3, -0.25) is 0 Å². The third-order valence-corrected chi connectivity index (χ3v) is 2.82. The zero-order valence-electron chi connectivity index (χ0n) is 7.52. The van der Waals surface area contributed by atoms with Crippen molar-refractivity contribution in [3.05, 3.63) is 16.1 Å². The fourth-order valence-electron chi connectivity index (χ4n) is 0.826. The number of nitrogens with two attached hydrogens (primary N) is 1. The molecule has 0 amide bonds. The van der Waals surface area contributed by atoms with E-state index in [9.17, 15) is 4.79 Å². The van der Waals surface area contributed by atoms with Crippen molar-refractivity contribution in [1.82, 2.24) is 4.98 Å². The van der Waals surface area contributed by atoms with Gasteiger partial charge in [-0.2, -0.15) is 0 Å². The summed E-state index contributed by atoms with van der Waals surface area (Å²) >= 11 is 1.14. The van der Waals surface area contributed by atoms with E-state index < -0.39 is 5.97 Å². The van der Waals surface area contributed by atoms with Crippen LogP contribution in [-0.4, -0.2) is 16.1 Å². The minimum absolute atomic E-state index is 0.168. The molecule has 0 radical (unpaired) electrons. The van der Waals surface area contributed by atoms with Crippen LogP contribution in [-0.2, 0) is 0 Å². The van der Waals surface area contributed by atoms with Gasteiger partial charge in [0.05, 0.1) is 12.2 Å². The molecule has 1 rings (SSSR count). The van der Waals surface area contributed by atoms with E-state index in [0.29, 0.717) is 5.01 Å². The van der Waals surface area contributed by atoms with Crippen molar-refractivity contribution in [2.75, 3.05) is 0 Å². The van der Waals surface area contributed by atoms with Crippen molar-refractivity contribution < 1.29 is 9.90 Å². The van der Waals surface area contributed by atoms with Crippen molar-refractivity contribution in [1.29, 1.82) is 0 Å². The molecule has 1 aromatic heterocycles. The molecule has 1 atom stereocenters. The Balaban J connectivity index is 2.85. The summed E-state index contributed by atoms with van der Waals surface area (Å²) in [4.78, 5) is 14.7. The van der Waals surface area contributed by atoms with Gasteiger partial charge < -0.3 is 10.8 Å². The maximum atomic E-state index is 10.5. The van der Waals surface area contributed by atoms with E-state index in [0.717, 1.165) is 11.3 Å². The van der Waals surface area contributed by atoms with E-state index in [-0.39, 0.29) is 16.8 Å². The molecule has 0 aliphatic carbocycles. The topological polar surface area (TPSA) is 76.2 Å². The molecule has 72 valence electrons. The normalized spacial score (nSPS) is 13.2. The molecule has 1 aromatic rings. The lowest BCUT2D eigenvalue weighted by molar-refractivity contribution is 0.0702. The number of aromatic carboxylic acids is 1. The summed E-state index contributed by atoms with van der Waals surface area (Å²) in [5.41, 5.74) is 5.81. The van der Waals surface area contributed by atoms with Gasteiger partial charge in [-0.1, -0.05) is 13.8 Å². The lowest BCUT2D eigenvalue weighted by atomic mass is 10.1. The van der Waals surface area contributed by atoms with E-state index in [1.165, 1.54) is 6.20 Å². The van der Waals surface area contributed by atoms with Crippen LogP contribution in [0.2, 0.25) is 0 Å². The molecule has 0 aromatic carbocycles. The van der Waals surface area contributed by atoms with Crippen LogP contribution < -0.4 is 5.73 Å². The minimum Gasteiger partial charge on any atom is -0.477 e. The summed E-state index contributed by atoms with van der Waals surface area (Å²) in [7, 11) is 0. The van der Waals surface area contributed by atoms with Gasteiger partial charge in [0.2, 0.25) is 0 Å². The Morgan fingerprint density at radius 2 is 2.31 bits per heavy atom. The summed E-state index contributed by atoms with van der Waals surface area (Å²) in [5, 5.41) is 9.34. The zero-order chi connectivity index (χ0) is 10.0. The maximum absolute atomic E-state index is 10.5. The van der Waals surface area contributed by atoms with Gasteiger partial charge in [-0.25, -0.2) is 9.78 Å². The minimum atomic E-state index is -0.945. The van der Waals surface area contributed by atoms with Crippen molar-refractivity contribution in [2.24, 2.45) is 11.7 Å². The number of hydrogen-bond donors (Lipinski definition) is 2. The SMILES string of the molecule is CC(C)[C@@H](N)c1ncc(C(=O)O)s1. The lowest BCUT2D eigenvalue weighted by Gasteiger charge is -2.11. The number of hydrogen-bond acceptors (Lipinski definition) is 4. The fourth-order valence-corrected chi connectivity index (χ4v) is 1.76. The molecule has 0 saturated carbocycles. The predicted molar refractivity (Wildman–Crippen MR) is 50.8 cm³/mol. The van der Waals surface area contributed by atoms with E-state index in [1.807, 2.05) is 13.8 Å². The molecule has 0 bridgehead atoms. The van der Waals surface area contributed by atoms with Crippen LogP contribution in [0.4, 0.5) is 0 Å². The molecule has 0 saturated heterocycles. The average molecular weight is 200 g/mol. The summed E-state index contributed by atoms with van der Waals surface area (Å²) in [5.74, 6) is -0.674. The molecular weight excluding hydrogens is 188 g/mol. The van der Waals surface area contributed by atoms with E-state index >= 15 is 0 Å². The van der Waals surface area contributed by atoms with Gasteiger partial charge in [-0.15, -0.1) is 11.3 Å². The first-order valence-corrected chi connectivity index (χ1v) is 4.78. The van der Waals surface area contributed by atoms with Crippen molar-refractivity contribution in [3.8, 4) is 0 Å². The number of rotatable bonds is 3. The van der Waals surface area contributed by atoms with E-state index in [1.54, 1.807) is 0 Å². The highest BCUT2D eigenvalue weighted by molar-refractivity contribution is 7.13. The first kappa shape index (κ1) is 10.1. The van der Waals surface area contributed by atoms with Gasteiger partial charge in [-0.05, 0) is 5.92 Å². The number of carbonyl (C=O) groups is 1. The van der Waals surface area contributed by atoms with Gasteiger partial charge >= 0.3 is 5.97 Å². The van der Waals surface area contributed by atoms with Crippen LogP contribution in [0.5, 0.6) is 0 Å². The molecule has 3 N–H and O–H groups in total. The highest BCUT2D eigenvalue weighted by Crippen LogP contribution is 2.23. The number of carboxylic acid groups (broad SMARTS) is 1. The molecule has 0 spiro atoms. The summed E-state index contributed by atoms with van der Waals surface area (Å²) in [6, 6.07) is -0.168. The lowest BCUT2D eigenvalue weighted by Crippen LogP contribution is -2.16. The molecular formula is C8H12N2O2S. The van der Waals surface area contributed by atoms with Crippen LogP contribution >= 0.6 is 11.3 Å². The van der Waals surface area contributed by atoms with Crippen LogP contribution in [0.15, 0.2) is 6.20 Å². The largest absolute Gasteiger partial charge is 0.477 e. The van der Waals surface area contributed by atoms with Crippen LogP contribution in [0.3, 0.4) is 0 Å². The molecule has 0 aliphatic heterocycles. The van der Waals surface area contributed by atoms with Crippen molar-refractivity contribution in [3.63, 3.8) is 0 Å². The Kier molecular flexibility index (Phi) is 3.00. The second kappa shape index (κ2) is 3.85. The highest BCUT2D eigenvalue weighted by Gasteiger charge is 2.16. The quantitative estimate of drug-likeness (QED) is 0.775. The summed E-state index contributed by atoms with van der Waals surface area (Å²) in [6.45, 7) is 3.96. The number of thiazole rings is 1. The standard InChI is InChI=1S/C8H12N2O2S/c1-4(2)6(9)7-10-3-5(13-7)8(11)12/h3-4,6H,9H2,1-2H3,(H,11,12)/t6-/m1/s1. The molecule has 4 nitrogen and oxygen atoms in total. The summed E-state index contributed by atoms with van der Waals surface area (Å²) in [6.07, 6.45) is 1.35. The predicted octanol–water partition coefficient (Wildman–Crippen LogP) is 1.50. The number of aromatic nitrogens is 1. The fraction of sp³-hybridized carbons (Fsp3) is 0.500. The van der Waals surface area contributed by atoms with Crippen molar-refractivity contribution in [2.45, 2.75) is 19.9 Å². The van der Waals surface area contributed by atoms with Crippen LogP contribution in [0.25, 0.3) is 0 Å². The van der Waals surface area contributed by atoms with Gasteiger partial charge in [0.15, 0.2) is 0 Å². The first-order valence-electron chi connectivity index (χ1n) is 3.97. The first-order chi connectivity index (χ1) is 6.02. The van der Waals surface area contributed by atoms with Crippen LogP contribution in [0, 0.1) is 5.92 Å². The van der Waals surface area contributed by atoms with E-state index in [2.05, 4.69) is 4.98 Å². The van der Waals surface area contributed by atoms with Gasteiger partial charge in [0.25, 0.3) is 0 Å². The molecule has 5 heteroatoms. The Morgan fingerprint density at radius 1 is 1.69 bits per heavy atom. The van der Waals surface area contributed by atoms with E-state index in [4.69, 9.17) is 10.8 Å². The number of carboxylic acids is 1. The smallest absolute Gasteiger partial charge is 0.347 e. The highest BCUT2D eigenvalue weighted by atomic mass is 32.1. The van der Waals surface area contributed by atoms with Crippen LogP contribution in [0.1, 0.15) is 34.6 Å². The molecule has 0 unspecified atom stereocenters. The Morgan fingerprint density at radius 3 is 2.69 bits per heavy atom.